The fourth-order valence-corrected chi connectivity index (χ4v) is 2.91. The molecule has 0 spiro atoms. The van der Waals surface area contributed by atoms with Gasteiger partial charge in [-0.05, 0) is 12.5 Å². The van der Waals surface area contributed by atoms with Gasteiger partial charge in [0.1, 0.15) is 4.83 Å². The van der Waals surface area contributed by atoms with Crippen molar-refractivity contribution in [3.05, 3.63) is 0 Å². The summed E-state index contributed by atoms with van der Waals surface area (Å²) < 4.78 is 5.16. The second-order valence-corrected chi connectivity index (χ2v) is 11.9. The van der Waals surface area contributed by atoms with E-state index in [1.807, 2.05) is 0 Å². The highest BCUT2D eigenvalue weighted by Gasteiger charge is 2.18. The summed E-state index contributed by atoms with van der Waals surface area (Å²) >= 11 is 6.58. The minimum absolute atomic E-state index is 0.136. The number of rotatable bonds is 6. The van der Waals surface area contributed by atoms with E-state index in [4.69, 9.17) is 4.74 Å². The third kappa shape index (κ3) is 8.00. The summed E-state index contributed by atoms with van der Waals surface area (Å²) in [5.74, 6) is -0.136. The largest absolute Gasteiger partial charge is 0.465 e. The predicted molar refractivity (Wildman–Crippen MR) is 70.2 cm³/mol. The molecule has 0 saturated heterocycles. The van der Waals surface area contributed by atoms with Gasteiger partial charge in [-0.2, -0.15) is 0 Å². The molecule has 0 heterocycles. The second-order valence-electron chi connectivity index (χ2n) is 4.42. The van der Waals surface area contributed by atoms with Crippen molar-refractivity contribution in [2.45, 2.75) is 36.9 Å². The molecule has 2 nitrogen and oxygen atoms in total. The summed E-state index contributed by atoms with van der Waals surface area (Å²) in [5.41, 5.74) is 0. The van der Waals surface area contributed by atoms with Crippen molar-refractivity contribution < 1.29 is 9.53 Å². The van der Waals surface area contributed by atoms with Crippen molar-refractivity contribution in [3.63, 3.8) is 0 Å². The maximum absolute atomic E-state index is 11.3. The maximum Gasteiger partial charge on any atom is 0.319 e. The molecule has 0 rings (SSSR count). The molecular formula is C9H18Br2O2Si. The van der Waals surface area contributed by atoms with Gasteiger partial charge in [0.2, 0.25) is 0 Å². The van der Waals surface area contributed by atoms with Crippen molar-refractivity contribution in [2.24, 2.45) is 0 Å². The lowest BCUT2D eigenvalue weighted by Gasteiger charge is -2.16. The number of carbonyl (C=O) groups is 1. The van der Waals surface area contributed by atoms with Crippen LogP contribution in [0.25, 0.3) is 0 Å². The van der Waals surface area contributed by atoms with Crippen molar-refractivity contribution in [1.29, 1.82) is 0 Å². The lowest BCUT2D eigenvalue weighted by atomic mass is 10.3. The Bertz CT molecular complexity index is 180. The van der Waals surface area contributed by atoms with Crippen LogP contribution in [0.3, 0.4) is 0 Å². The molecule has 14 heavy (non-hydrogen) atoms. The van der Waals surface area contributed by atoms with Gasteiger partial charge in [-0.3, -0.25) is 4.79 Å². The first-order chi connectivity index (χ1) is 6.37. The molecule has 0 radical (unpaired) electrons. The average Bonchev–Trinajstić information content (AvgIpc) is 2.02. The molecule has 0 aliphatic rings. The van der Waals surface area contributed by atoms with E-state index in [2.05, 4.69) is 51.5 Å². The van der Waals surface area contributed by atoms with E-state index in [0.717, 1.165) is 17.8 Å². The minimum Gasteiger partial charge on any atom is -0.465 e. The van der Waals surface area contributed by atoms with E-state index in [-0.39, 0.29) is 10.8 Å². The van der Waals surface area contributed by atoms with E-state index in [0.29, 0.717) is 6.61 Å². The van der Waals surface area contributed by atoms with Gasteiger partial charge in [-0.1, -0.05) is 51.5 Å². The molecule has 5 heteroatoms. The van der Waals surface area contributed by atoms with Crippen LogP contribution in [0, 0.1) is 0 Å². The number of esters is 1. The van der Waals surface area contributed by atoms with Crippen LogP contribution >= 0.6 is 31.9 Å². The first-order valence-corrected chi connectivity index (χ1v) is 10.5. The van der Waals surface area contributed by atoms with E-state index < -0.39 is 8.07 Å². The molecule has 0 aliphatic carbocycles. The molecule has 1 atom stereocenters. The second kappa shape index (κ2) is 7.01. The Hall–Kier alpha value is 0.647. The molecule has 0 N–H and O–H groups in total. The van der Waals surface area contributed by atoms with Gasteiger partial charge in [0, 0.05) is 13.4 Å². The monoisotopic (exact) mass is 344 g/mol. The molecule has 0 aromatic carbocycles. The van der Waals surface area contributed by atoms with E-state index in [1.54, 1.807) is 0 Å². The van der Waals surface area contributed by atoms with Gasteiger partial charge in [0.25, 0.3) is 0 Å². The number of hydrogen-bond donors (Lipinski definition) is 0. The van der Waals surface area contributed by atoms with E-state index in [9.17, 15) is 4.79 Å². The van der Waals surface area contributed by atoms with Crippen molar-refractivity contribution in [3.8, 4) is 0 Å². The molecular weight excluding hydrogens is 328 g/mol. The molecule has 0 aliphatic heterocycles. The van der Waals surface area contributed by atoms with Crippen LogP contribution in [0.5, 0.6) is 0 Å². The van der Waals surface area contributed by atoms with Gasteiger partial charge < -0.3 is 4.74 Å². The zero-order valence-corrected chi connectivity index (χ0v) is 13.2. The summed E-state index contributed by atoms with van der Waals surface area (Å²) in [5, 5.41) is 0.812. The summed E-state index contributed by atoms with van der Waals surface area (Å²) in [6, 6.07) is 1.03. The number of ether oxygens (including phenoxy) is 1. The highest BCUT2D eigenvalue weighted by Crippen LogP contribution is 2.12. The number of carbonyl (C=O) groups excluding carboxylic acids is 1. The quantitative estimate of drug-likeness (QED) is 0.419. The Labute approximate surface area is 104 Å². The van der Waals surface area contributed by atoms with Gasteiger partial charge >= 0.3 is 5.97 Å². The third-order valence-electron chi connectivity index (χ3n) is 1.71. The first-order valence-electron chi connectivity index (χ1n) is 4.73. The Morgan fingerprint density at radius 2 is 2.00 bits per heavy atom. The van der Waals surface area contributed by atoms with E-state index in [1.165, 1.54) is 0 Å². The summed E-state index contributed by atoms with van der Waals surface area (Å²) in [7, 11) is -1.08. The summed E-state index contributed by atoms with van der Waals surface area (Å²) in [6.45, 7) is 7.37. The van der Waals surface area contributed by atoms with Crippen molar-refractivity contribution in [2.75, 3.05) is 11.9 Å². The smallest absolute Gasteiger partial charge is 0.319 e. The Kier molecular flexibility index (Phi) is 7.33. The topological polar surface area (TPSA) is 26.3 Å². The van der Waals surface area contributed by atoms with Crippen LogP contribution in [0.1, 0.15) is 6.42 Å². The first kappa shape index (κ1) is 14.6. The van der Waals surface area contributed by atoms with Gasteiger partial charge in [-0.15, -0.1) is 0 Å². The van der Waals surface area contributed by atoms with Crippen molar-refractivity contribution >= 4 is 45.9 Å². The van der Waals surface area contributed by atoms with Gasteiger partial charge in [0.15, 0.2) is 0 Å². The molecule has 84 valence electrons. The van der Waals surface area contributed by atoms with Crippen LogP contribution in [-0.2, 0) is 9.53 Å². The zero-order valence-electron chi connectivity index (χ0n) is 8.98. The number of halogens is 2. The predicted octanol–water partition coefficient (Wildman–Crippen LogP) is 3.42. The maximum atomic E-state index is 11.3. The SMILES string of the molecule is C[Si](C)(C)CCOC(=O)C(Br)CCBr. The van der Waals surface area contributed by atoms with Gasteiger partial charge in [0.05, 0.1) is 6.61 Å². The zero-order chi connectivity index (χ0) is 11.2. The minimum atomic E-state index is -1.08. The average molecular weight is 346 g/mol. The van der Waals surface area contributed by atoms with Gasteiger partial charge in [-0.25, -0.2) is 0 Å². The summed E-state index contributed by atoms with van der Waals surface area (Å²) in [6.07, 6.45) is 0.770. The number of alkyl halides is 2. The highest BCUT2D eigenvalue weighted by molar-refractivity contribution is 9.10. The Balaban J connectivity index is 3.64. The standard InChI is InChI=1S/C9H18Br2O2Si/c1-14(2,3)7-6-13-9(12)8(11)4-5-10/h8H,4-7H2,1-3H3. The fourth-order valence-electron chi connectivity index (χ4n) is 0.762. The lowest BCUT2D eigenvalue weighted by Crippen LogP contribution is -2.25. The molecule has 0 amide bonds. The molecule has 1 unspecified atom stereocenters. The number of hydrogen-bond acceptors (Lipinski definition) is 2. The normalized spacial score (nSPS) is 13.8. The van der Waals surface area contributed by atoms with E-state index >= 15 is 0 Å². The molecule has 0 fully saturated rings. The lowest BCUT2D eigenvalue weighted by molar-refractivity contribution is -0.142. The fraction of sp³-hybridized carbons (Fsp3) is 0.889. The Morgan fingerprint density at radius 1 is 1.43 bits per heavy atom. The molecule has 0 saturated carbocycles. The van der Waals surface area contributed by atoms with Crippen LogP contribution < -0.4 is 0 Å². The Morgan fingerprint density at radius 3 is 2.43 bits per heavy atom. The van der Waals surface area contributed by atoms with Crippen LogP contribution in [-0.4, -0.2) is 30.8 Å². The molecule has 0 bridgehead atoms. The third-order valence-corrected chi connectivity index (χ3v) is 4.71. The van der Waals surface area contributed by atoms with Crippen LogP contribution in [0.2, 0.25) is 25.7 Å². The highest BCUT2D eigenvalue weighted by atomic mass is 79.9. The molecule has 0 aromatic heterocycles. The van der Waals surface area contributed by atoms with Crippen LogP contribution in [0.15, 0.2) is 0 Å². The van der Waals surface area contributed by atoms with Crippen LogP contribution in [0.4, 0.5) is 0 Å². The van der Waals surface area contributed by atoms with Crippen molar-refractivity contribution in [1.82, 2.24) is 0 Å². The molecule has 0 aromatic rings. The summed E-state index contributed by atoms with van der Waals surface area (Å²) in [4.78, 5) is 11.2.